The zero-order valence-electron chi connectivity index (χ0n) is 11.2. The van der Waals surface area contributed by atoms with Crippen LogP contribution in [0, 0.1) is 5.82 Å². The minimum atomic E-state index is -0.424. The summed E-state index contributed by atoms with van der Waals surface area (Å²) < 4.78 is 13.7. The molecule has 2 N–H and O–H groups in total. The highest BCUT2D eigenvalue weighted by Gasteiger charge is 2.10. The van der Waals surface area contributed by atoms with Gasteiger partial charge in [0.05, 0.1) is 5.56 Å². The smallest absolute Gasteiger partial charge is 0.220 e. The summed E-state index contributed by atoms with van der Waals surface area (Å²) in [5.41, 5.74) is 1.05. The number of carbonyl (C=O) groups is 1. The topological polar surface area (TPSA) is 83.6 Å². The van der Waals surface area contributed by atoms with Crippen LogP contribution in [-0.4, -0.2) is 26.5 Å². The van der Waals surface area contributed by atoms with Crippen LogP contribution < -0.4 is 5.32 Å². The molecule has 1 heterocycles. The van der Waals surface area contributed by atoms with Crippen molar-refractivity contribution in [3.05, 3.63) is 29.6 Å². The van der Waals surface area contributed by atoms with E-state index in [4.69, 9.17) is 0 Å². The maximum absolute atomic E-state index is 13.7. The highest BCUT2D eigenvalue weighted by molar-refractivity contribution is 5.75. The normalized spacial score (nSPS) is 10.5. The highest BCUT2D eigenvalue weighted by Crippen LogP contribution is 2.19. The number of benzene rings is 1. The standard InChI is InChI=1S/C13H16FN5O/c1-2-3-4-12(20)15-8-9-5-6-11(14)10(7-9)13-16-18-19-17-13/h5-7H,2-4,8H2,1H3,(H,15,20)(H,16,17,18,19). The Balaban J connectivity index is 2.03. The summed E-state index contributed by atoms with van der Waals surface area (Å²) in [5.74, 6) is -0.230. The number of hydrogen-bond donors (Lipinski definition) is 2. The first-order valence-electron chi connectivity index (χ1n) is 6.49. The Bertz CT molecular complexity index is 570. The van der Waals surface area contributed by atoms with Gasteiger partial charge in [-0.05, 0) is 29.3 Å². The molecule has 2 aromatic rings. The van der Waals surface area contributed by atoms with E-state index in [0.717, 1.165) is 18.4 Å². The molecule has 0 aliphatic heterocycles. The average molecular weight is 277 g/mol. The lowest BCUT2D eigenvalue weighted by Gasteiger charge is -2.06. The molecule has 20 heavy (non-hydrogen) atoms. The molecule has 0 aliphatic carbocycles. The average Bonchev–Trinajstić information content (AvgIpc) is 2.98. The van der Waals surface area contributed by atoms with Crippen molar-refractivity contribution in [2.45, 2.75) is 32.7 Å². The summed E-state index contributed by atoms with van der Waals surface area (Å²) in [5, 5.41) is 16.0. The van der Waals surface area contributed by atoms with Gasteiger partial charge in [-0.2, -0.15) is 5.21 Å². The fourth-order valence-electron chi connectivity index (χ4n) is 1.76. The molecule has 6 nitrogen and oxygen atoms in total. The number of nitrogens with one attached hydrogen (secondary N) is 2. The second kappa shape index (κ2) is 6.74. The third kappa shape index (κ3) is 3.59. The minimum Gasteiger partial charge on any atom is -0.352 e. The van der Waals surface area contributed by atoms with Crippen LogP contribution in [0.4, 0.5) is 4.39 Å². The molecule has 7 heteroatoms. The lowest BCUT2D eigenvalue weighted by atomic mass is 10.1. The molecule has 1 amide bonds. The van der Waals surface area contributed by atoms with Gasteiger partial charge in [-0.25, -0.2) is 4.39 Å². The van der Waals surface area contributed by atoms with Crippen LogP contribution >= 0.6 is 0 Å². The summed E-state index contributed by atoms with van der Waals surface area (Å²) >= 11 is 0. The first-order chi connectivity index (χ1) is 9.70. The van der Waals surface area contributed by atoms with Crippen molar-refractivity contribution in [2.24, 2.45) is 0 Å². The Morgan fingerprint density at radius 2 is 2.30 bits per heavy atom. The van der Waals surface area contributed by atoms with Crippen LogP contribution in [0.1, 0.15) is 31.7 Å². The predicted octanol–water partition coefficient (Wildman–Crippen LogP) is 1.81. The van der Waals surface area contributed by atoms with Crippen molar-refractivity contribution in [3.8, 4) is 11.4 Å². The molecule has 0 aliphatic rings. The number of carbonyl (C=O) groups excluding carboxylic acids is 1. The SMILES string of the molecule is CCCCC(=O)NCc1ccc(F)c(-c2nn[nH]n2)c1. The molecule has 0 atom stereocenters. The molecule has 0 radical (unpaired) electrons. The zero-order valence-corrected chi connectivity index (χ0v) is 11.2. The molecule has 0 fully saturated rings. The number of unbranched alkanes of at least 4 members (excludes halogenated alkanes) is 1. The monoisotopic (exact) mass is 277 g/mol. The summed E-state index contributed by atoms with van der Waals surface area (Å²) in [6, 6.07) is 4.57. The molecule has 106 valence electrons. The number of amides is 1. The van der Waals surface area contributed by atoms with Crippen molar-refractivity contribution in [2.75, 3.05) is 0 Å². The van der Waals surface area contributed by atoms with Gasteiger partial charge in [0, 0.05) is 13.0 Å². The van der Waals surface area contributed by atoms with E-state index in [0.29, 0.717) is 13.0 Å². The largest absolute Gasteiger partial charge is 0.352 e. The number of hydrogen-bond acceptors (Lipinski definition) is 4. The first kappa shape index (κ1) is 14.1. The second-order valence-electron chi connectivity index (χ2n) is 4.43. The molecular formula is C13H16FN5O. The van der Waals surface area contributed by atoms with Crippen LogP contribution in [-0.2, 0) is 11.3 Å². The Hall–Kier alpha value is -2.31. The quantitative estimate of drug-likeness (QED) is 0.843. The first-order valence-corrected chi connectivity index (χ1v) is 6.49. The van der Waals surface area contributed by atoms with Gasteiger partial charge >= 0.3 is 0 Å². The van der Waals surface area contributed by atoms with Gasteiger partial charge < -0.3 is 5.32 Å². The summed E-state index contributed by atoms with van der Waals surface area (Å²) in [4.78, 5) is 11.5. The zero-order chi connectivity index (χ0) is 14.4. The van der Waals surface area contributed by atoms with Gasteiger partial charge in [0.15, 0.2) is 0 Å². The van der Waals surface area contributed by atoms with E-state index in [-0.39, 0.29) is 17.3 Å². The van der Waals surface area contributed by atoms with Crippen molar-refractivity contribution in [1.29, 1.82) is 0 Å². The van der Waals surface area contributed by atoms with Crippen LogP contribution in [0.3, 0.4) is 0 Å². The number of nitrogens with zero attached hydrogens (tertiary/aromatic N) is 3. The molecule has 0 unspecified atom stereocenters. The van der Waals surface area contributed by atoms with Crippen LogP contribution in [0.2, 0.25) is 0 Å². The molecule has 1 aromatic heterocycles. The van der Waals surface area contributed by atoms with E-state index in [2.05, 4.69) is 25.9 Å². The Morgan fingerprint density at radius 3 is 3.00 bits per heavy atom. The summed E-state index contributed by atoms with van der Waals surface area (Å²) in [7, 11) is 0. The van der Waals surface area contributed by atoms with E-state index < -0.39 is 5.82 Å². The van der Waals surface area contributed by atoms with Crippen LogP contribution in [0.5, 0.6) is 0 Å². The summed E-state index contributed by atoms with van der Waals surface area (Å²) in [6.07, 6.45) is 2.35. The highest BCUT2D eigenvalue weighted by atomic mass is 19.1. The number of halogens is 1. The lowest BCUT2D eigenvalue weighted by molar-refractivity contribution is -0.121. The lowest BCUT2D eigenvalue weighted by Crippen LogP contribution is -2.22. The number of aromatic nitrogens is 4. The van der Waals surface area contributed by atoms with Crippen molar-refractivity contribution in [1.82, 2.24) is 25.9 Å². The van der Waals surface area contributed by atoms with E-state index in [1.54, 1.807) is 12.1 Å². The van der Waals surface area contributed by atoms with Crippen LogP contribution in [0.15, 0.2) is 18.2 Å². The molecular weight excluding hydrogens is 261 g/mol. The van der Waals surface area contributed by atoms with Gasteiger partial charge in [0.25, 0.3) is 0 Å². The molecule has 0 saturated carbocycles. The minimum absolute atomic E-state index is 0.00251. The number of aromatic amines is 1. The third-order valence-corrected chi connectivity index (χ3v) is 2.86. The molecule has 2 rings (SSSR count). The third-order valence-electron chi connectivity index (χ3n) is 2.86. The van der Waals surface area contributed by atoms with E-state index >= 15 is 0 Å². The fourth-order valence-corrected chi connectivity index (χ4v) is 1.76. The van der Waals surface area contributed by atoms with Crippen molar-refractivity contribution >= 4 is 5.91 Å². The molecule has 0 bridgehead atoms. The number of H-pyrrole nitrogens is 1. The van der Waals surface area contributed by atoms with E-state index in [9.17, 15) is 9.18 Å². The Morgan fingerprint density at radius 1 is 1.45 bits per heavy atom. The number of tetrazole rings is 1. The maximum atomic E-state index is 13.7. The van der Waals surface area contributed by atoms with E-state index in [1.807, 2.05) is 6.92 Å². The fraction of sp³-hybridized carbons (Fsp3) is 0.385. The van der Waals surface area contributed by atoms with E-state index in [1.165, 1.54) is 6.07 Å². The second-order valence-corrected chi connectivity index (χ2v) is 4.43. The van der Waals surface area contributed by atoms with Crippen molar-refractivity contribution < 1.29 is 9.18 Å². The predicted molar refractivity (Wildman–Crippen MR) is 70.9 cm³/mol. The molecule has 1 aromatic carbocycles. The van der Waals surface area contributed by atoms with Crippen LogP contribution in [0.25, 0.3) is 11.4 Å². The summed E-state index contributed by atoms with van der Waals surface area (Å²) in [6.45, 7) is 2.39. The number of rotatable bonds is 6. The molecule has 0 saturated heterocycles. The Labute approximate surface area is 115 Å². The maximum Gasteiger partial charge on any atom is 0.220 e. The van der Waals surface area contributed by atoms with Gasteiger partial charge in [-0.3, -0.25) is 4.79 Å². The Kier molecular flexibility index (Phi) is 4.75. The van der Waals surface area contributed by atoms with Gasteiger partial charge in [-0.15, -0.1) is 10.2 Å². The van der Waals surface area contributed by atoms with Gasteiger partial charge in [-0.1, -0.05) is 19.4 Å². The van der Waals surface area contributed by atoms with Gasteiger partial charge in [0.1, 0.15) is 5.82 Å². The van der Waals surface area contributed by atoms with Crippen molar-refractivity contribution in [3.63, 3.8) is 0 Å². The van der Waals surface area contributed by atoms with Gasteiger partial charge in [0.2, 0.25) is 11.7 Å². The molecule has 0 spiro atoms.